The molecule has 0 unspecified atom stereocenters. The summed E-state index contributed by atoms with van der Waals surface area (Å²) in [5.74, 6) is 0.232. The first-order valence-electron chi connectivity index (χ1n) is 8.31. The highest BCUT2D eigenvalue weighted by atomic mass is 16.2. The van der Waals surface area contributed by atoms with Gasteiger partial charge in [0.05, 0.1) is 29.5 Å². The van der Waals surface area contributed by atoms with E-state index in [0.29, 0.717) is 11.5 Å². The smallest absolute Gasteiger partial charge is 0.243 e. The number of hydrogen-bond acceptors (Lipinski definition) is 4. The van der Waals surface area contributed by atoms with Crippen molar-refractivity contribution in [2.45, 2.75) is 20.8 Å². The van der Waals surface area contributed by atoms with Gasteiger partial charge in [0.1, 0.15) is 12.1 Å². The van der Waals surface area contributed by atoms with Crippen molar-refractivity contribution in [1.29, 1.82) is 0 Å². The zero-order valence-electron chi connectivity index (χ0n) is 15.0. The summed E-state index contributed by atoms with van der Waals surface area (Å²) >= 11 is 0. The van der Waals surface area contributed by atoms with Gasteiger partial charge in [-0.05, 0) is 24.3 Å². The molecule has 0 saturated heterocycles. The molecule has 0 aliphatic carbocycles. The molecule has 7 nitrogen and oxygen atoms in total. The fraction of sp³-hybridized carbons (Fsp3) is 0.263. The number of anilines is 1. The van der Waals surface area contributed by atoms with Gasteiger partial charge in [0.15, 0.2) is 0 Å². The molecule has 7 heteroatoms. The van der Waals surface area contributed by atoms with E-state index in [1.165, 1.54) is 0 Å². The van der Waals surface area contributed by atoms with Gasteiger partial charge in [-0.2, -0.15) is 0 Å². The quantitative estimate of drug-likeness (QED) is 0.756. The standard InChI is InChI=1S/C19H21N5O2/c1-19(2,3)18(26)21-11-17(25)23-13-8-9-16(20-10-13)24-12-22-14-6-4-5-7-15(14)24/h4-10,12H,11H2,1-3H3,(H,21,26)(H,23,25). The summed E-state index contributed by atoms with van der Waals surface area (Å²) in [4.78, 5) is 32.5. The number of para-hydroxylation sites is 2. The van der Waals surface area contributed by atoms with Crippen LogP contribution >= 0.6 is 0 Å². The van der Waals surface area contributed by atoms with E-state index >= 15 is 0 Å². The third kappa shape index (κ3) is 3.88. The second kappa shape index (κ2) is 6.95. The van der Waals surface area contributed by atoms with Crippen LogP contribution in [0.3, 0.4) is 0 Å². The van der Waals surface area contributed by atoms with Crippen LogP contribution in [0.25, 0.3) is 16.9 Å². The first-order chi connectivity index (χ1) is 12.3. The first-order valence-corrected chi connectivity index (χ1v) is 8.31. The van der Waals surface area contributed by atoms with Gasteiger partial charge in [0.25, 0.3) is 0 Å². The van der Waals surface area contributed by atoms with E-state index in [0.717, 1.165) is 11.0 Å². The number of carbonyl (C=O) groups is 2. The molecule has 0 radical (unpaired) electrons. The Labute approximate surface area is 151 Å². The second-order valence-electron chi connectivity index (χ2n) is 6.99. The van der Waals surface area contributed by atoms with Crippen LogP contribution in [0.2, 0.25) is 0 Å². The Morgan fingerprint density at radius 1 is 1.08 bits per heavy atom. The molecule has 3 rings (SSSR count). The molecule has 0 spiro atoms. The average molecular weight is 351 g/mol. The fourth-order valence-corrected chi connectivity index (χ4v) is 2.38. The van der Waals surface area contributed by atoms with Crippen LogP contribution in [0, 0.1) is 5.41 Å². The van der Waals surface area contributed by atoms with Gasteiger partial charge >= 0.3 is 0 Å². The minimum absolute atomic E-state index is 0.0794. The first kappa shape index (κ1) is 17.6. The van der Waals surface area contributed by atoms with Crippen molar-refractivity contribution < 1.29 is 9.59 Å². The van der Waals surface area contributed by atoms with Crippen LogP contribution in [0.15, 0.2) is 48.9 Å². The maximum Gasteiger partial charge on any atom is 0.243 e. The van der Waals surface area contributed by atoms with Crippen LogP contribution in [-0.4, -0.2) is 32.9 Å². The Balaban J connectivity index is 1.65. The van der Waals surface area contributed by atoms with Crippen LogP contribution < -0.4 is 10.6 Å². The van der Waals surface area contributed by atoms with Crippen LogP contribution in [0.5, 0.6) is 0 Å². The maximum atomic E-state index is 12.0. The molecule has 0 fully saturated rings. The molecule has 134 valence electrons. The van der Waals surface area contributed by atoms with Crippen LogP contribution in [0.1, 0.15) is 20.8 Å². The largest absolute Gasteiger partial charge is 0.347 e. The lowest BCUT2D eigenvalue weighted by molar-refractivity contribution is -0.130. The van der Waals surface area contributed by atoms with Gasteiger partial charge in [-0.15, -0.1) is 0 Å². The zero-order chi connectivity index (χ0) is 18.7. The van der Waals surface area contributed by atoms with Gasteiger partial charge in [0.2, 0.25) is 11.8 Å². The lowest BCUT2D eigenvalue weighted by Crippen LogP contribution is -2.39. The molecular weight excluding hydrogens is 330 g/mol. The molecule has 2 aromatic heterocycles. The molecule has 0 bridgehead atoms. The van der Waals surface area contributed by atoms with Crippen molar-refractivity contribution in [3.8, 4) is 5.82 Å². The van der Waals surface area contributed by atoms with Gasteiger partial charge in [-0.3, -0.25) is 14.2 Å². The highest BCUT2D eigenvalue weighted by Gasteiger charge is 2.21. The number of rotatable bonds is 4. The van der Waals surface area contributed by atoms with E-state index in [1.54, 1.807) is 45.4 Å². The van der Waals surface area contributed by atoms with Gasteiger partial charge < -0.3 is 10.6 Å². The summed E-state index contributed by atoms with van der Waals surface area (Å²) in [6.45, 7) is 5.30. The highest BCUT2D eigenvalue weighted by Crippen LogP contribution is 2.17. The van der Waals surface area contributed by atoms with E-state index < -0.39 is 5.41 Å². The number of benzene rings is 1. The Kier molecular flexibility index (Phi) is 4.71. The summed E-state index contributed by atoms with van der Waals surface area (Å²) in [5, 5.41) is 5.33. The SMILES string of the molecule is CC(C)(C)C(=O)NCC(=O)Nc1ccc(-n2cnc3ccccc32)nc1. The monoisotopic (exact) mass is 351 g/mol. The number of carbonyl (C=O) groups excluding carboxylic acids is 2. The molecular formula is C19H21N5O2. The summed E-state index contributed by atoms with van der Waals surface area (Å²) < 4.78 is 1.88. The number of imidazole rings is 1. The molecule has 2 amide bonds. The summed E-state index contributed by atoms with van der Waals surface area (Å²) in [5.41, 5.74) is 1.88. The minimum Gasteiger partial charge on any atom is -0.347 e. The zero-order valence-corrected chi connectivity index (χ0v) is 15.0. The van der Waals surface area contributed by atoms with E-state index in [9.17, 15) is 9.59 Å². The molecule has 26 heavy (non-hydrogen) atoms. The van der Waals surface area contributed by atoms with Gasteiger partial charge in [-0.1, -0.05) is 32.9 Å². The number of nitrogens with zero attached hydrogens (tertiary/aromatic N) is 3. The molecule has 0 atom stereocenters. The van der Waals surface area contributed by atoms with E-state index in [4.69, 9.17) is 0 Å². The number of amides is 2. The van der Waals surface area contributed by atoms with Crippen molar-refractivity contribution in [3.05, 3.63) is 48.9 Å². The Morgan fingerprint density at radius 2 is 1.85 bits per heavy atom. The van der Waals surface area contributed by atoms with Crippen molar-refractivity contribution in [3.63, 3.8) is 0 Å². The number of fused-ring (bicyclic) bond motifs is 1. The number of hydrogen-bond donors (Lipinski definition) is 2. The topological polar surface area (TPSA) is 88.9 Å². The number of pyridine rings is 1. The summed E-state index contributed by atoms with van der Waals surface area (Å²) in [6.07, 6.45) is 3.29. The van der Waals surface area contributed by atoms with Crippen molar-refractivity contribution in [2.75, 3.05) is 11.9 Å². The van der Waals surface area contributed by atoms with Crippen molar-refractivity contribution in [1.82, 2.24) is 19.9 Å². The fourth-order valence-electron chi connectivity index (χ4n) is 2.38. The number of aromatic nitrogens is 3. The van der Waals surface area contributed by atoms with Crippen molar-refractivity contribution in [2.24, 2.45) is 5.41 Å². The normalized spacial score (nSPS) is 11.3. The summed E-state index contributed by atoms with van der Waals surface area (Å²) in [7, 11) is 0. The maximum absolute atomic E-state index is 12.0. The molecule has 3 aromatic rings. The molecule has 2 N–H and O–H groups in total. The minimum atomic E-state index is -0.531. The van der Waals surface area contributed by atoms with Crippen LogP contribution in [-0.2, 0) is 9.59 Å². The molecule has 0 saturated carbocycles. The van der Waals surface area contributed by atoms with Crippen molar-refractivity contribution >= 4 is 28.5 Å². The molecule has 0 aliphatic rings. The summed E-state index contributed by atoms with van der Waals surface area (Å²) in [6, 6.07) is 11.4. The predicted molar refractivity (Wildman–Crippen MR) is 100.0 cm³/mol. The van der Waals surface area contributed by atoms with Gasteiger partial charge in [-0.25, -0.2) is 9.97 Å². The Morgan fingerprint density at radius 3 is 2.54 bits per heavy atom. The second-order valence-corrected chi connectivity index (χ2v) is 6.99. The lowest BCUT2D eigenvalue weighted by atomic mass is 9.96. The molecule has 0 aliphatic heterocycles. The molecule has 2 heterocycles. The van der Waals surface area contributed by atoms with E-state index in [-0.39, 0.29) is 18.4 Å². The van der Waals surface area contributed by atoms with Gasteiger partial charge in [0, 0.05) is 5.41 Å². The van der Waals surface area contributed by atoms with E-state index in [2.05, 4.69) is 20.6 Å². The Hall–Kier alpha value is -3.22. The van der Waals surface area contributed by atoms with E-state index in [1.807, 2.05) is 28.8 Å². The lowest BCUT2D eigenvalue weighted by Gasteiger charge is -2.17. The molecule has 1 aromatic carbocycles. The third-order valence-electron chi connectivity index (χ3n) is 3.82. The Bertz CT molecular complexity index is 938. The average Bonchev–Trinajstić information content (AvgIpc) is 3.03. The predicted octanol–water partition coefficient (Wildman–Crippen LogP) is 2.52. The van der Waals surface area contributed by atoms with Crippen LogP contribution in [0.4, 0.5) is 5.69 Å². The highest BCUT2D eigenvalue weighted by molar-refractivity contribution is 5.95. The number of nitrogens with one attached hydrogen (secondary N) is 2. The third-order valence-corrected chi connectivity index (χ3v) is 3.82.